The molecule has 0 aliphatic heterocycles. The number of rotatable bonds is 4. The van der Waals surface area contributed by atoms with Crippen LogP contribution < -0.4 is 20.4 Å². The van der Waals surface area contributed by atoms with E-state index in [4.69, 9.17) is 0 Å². The van der Waals surface area contributed by atoms with Crippen molar-refractivity contribution in [3.05, 3.63) is 473 Å². The predicted octanol–water partition coefficient (Wildman–Crippen LogP) is 15.5. The van der Waals surface area contributed by atoms with Gasteiger partial charge in [0.05, 0.1) is 22.7 Å². The molecule has 546 valence electrons. The van der Waals surface area contributed by atoms with Gasteiger partial charge in [-0.3, -0.25) is 59.8 Å². The van der Waals surface area contributed by atoms with E-state index in [-0.39, 0.29) is 42.1 Å². The molecule has 0 amide bonds. The first-order valence-corrected chi connectivity index (χ1v) is 33.7. The van der Waals surface area contributed by atoms with Gasteiger partial charge in [0.2, 0.25) is 0 Å². The Morgan fingerprint density at radius 3 is 0.411 bits per heavy atom. The van der Waals surface area contributed by atoms with Crippen LogP contribution in [-0.2, 0) is 42.1 Å². The van der Waals surface area contributed by atoms with Gasteiger partial charge in [-0.1, -0.05) is 229 Å². The Balaban J connectivity index is 0.000000329. The van der Waals surface area contributed by atoms with Gasteiger partial charge in [0.1, 0.15) is 0 Å². The second kappa shape index (κ2) is 65.7. The molecule has 0 saturated carbocycles. The molecule has 0 N–H and O–H groups in total. The molecule has 0 aliphatic rings. The van der Waals surface area contributed by atoms with Gasteiger partial charge in [-0.2, -0.15) is 0 Å². The summed E-state index contributed by atoms with van der Waals surface area (Å²) in [6, 6.07) is 108. The monoisotopic (exact) mass is 1630 g/mol. The van der Waals surface area contributed by atoms with Crippen LogP contribution in [0.5, 0.6) is 0 Å². The molecule has 18 heteroatoms. The third-order valence-corrected chi connectivity index (χ3v) is 12.2. The van der Waals surface area contributed by atoms with Crippen molar-refractivity contribution >= 4 is 46.3 Å². The second-order valence-electron chi connectivity index (χ2n) is 20.5. The van der Waals surface area contributed by atoms with E-state index in [0.29, 0.717) is 22.7 Å². The minimum Gasteiger partial charge on any atom is -0.852 e. The molecule has 0 saturated heterocycles. The number of nitrogens with zero attached hydrogens (tertiary/aromatic N) is 12. The smallest absolute Gasteiger partial charge is 0.852 e. The second-order valence-corrected chi connectivity index (χ2v) is 20.5. The van der Waals surface area contributed by atoms with Crippen LogP contribution in [0, 0.1) is 47.4 Å². The van der Waals surface area contributed by atoms with Crippen molar-refractivity contribution in [1.82, 2.24) is 39.9 Å². The number of benzene rings is 8. The number of aliphatic imine (C=N–C) groups is 4. The van der Waals surface area contributed by atoms with Crippen LogP contribution in [-0.4, -0.2) is 63.5 Å². The zero-order valence-electron chi connectivity index (χ0n) is 60.5. The molecule has 8 aromatic carbocycles. The first-order valence-electron chi connectivity index (χ1n) is 33.7. The number of pyridine rings is 6. The Bertz CT molecular complexity index is 4150. The molecule has 15 aromatic rings. The molecule has 7 aromatic heterocycles. The number of hydrogen-bond acceptors (Lipinski definition) is 16. The van der Waals surface area contributed by atoms with Crippen LogP contribution in [0.25, 0.3) is 0 Å². The summed E-state index contributed by atoms with van der Waals surface area (Å²) in [4.78, 5) is 45.6. The van der Waals surface area contributed by atoms with Gasteiger partial charge in [0.15, 0.2) is 0 Å². The van der Waals surface area contributed by atoms with Gasteiger partial charge in [-0.15, -0.1) is 0 Å². The van der Waals surface area contributed by atoms with E-state index in [9.17, 15) is 20.4 Å². The summed E-state index contributed by atoms with van der Waals surface area (Å²) < 4.78 is 0. The Hall–Kier alpha value is -14.8. The molecule has 16 nitrogen and oxygen atoms in total. The molecule has 112 heavy (non-hydrogen) atoms. The van der Waals surface area contributed by atoms with Crippen molar-refractivity contribution < 1.29 is 62.6 Å². The third kappa shape index (κ3) is 52.2. The molecular formula is C94H74Mo2N12O4. The van der Waals surface area contributed by atoms with Gasteiger partial charge in [-0.05, 0) is 170 Å². The van der Waals surface area contributed by atoms with E-state index >= 15 is 0 Å². The van der Waals surface area contributed by atoms with Crippen LogP contribution in [0.2, 0.25) is 0 Å². The van der Waals surface area contributed by atoms with Crippen LogP contribution >= 0.6 is 0 Å². The zero-order valence-corrected chi connectivity index (χ0v) is 64.6. The van der Waals surface area contributed by atoms with Gasteiger partial charge in [-0.25, -0.2) is 0 Å². The van der Waals surface area contributed by atoms with E-state index in [0.717, 1.165) is 22.3 Å². The van der Waals surface area contributed by atoms with Crippen molar-refractivity contribution in [3.8, 4) is 47.4 Å². The van der Waals surface area contributed by atoms with Crippen molar-refractivity contribution in [2.45, 2.75) is 0 Å². The first kappa shape index (κ1) is 91.4. The van der Waals surface area contributed by atoms with Gasteiger partial charge in [0, 0.05) is 145 Å². The standard InChI is InChI=1S/4C15H11NO.6C5H5N.C4H4N2.2Mo/c4*17-15(16-14-9-5-2-6-10-14)12-11-13-7-3-1-4-8-13;6*1-2-4-6-5-3-1;1-2-6-4-3-5-1;;/h4*1-10H,(H,16,17);6*1-5H;1-4H;;/q;;;;;;;;;;;2*+2/p-4. The summed E-state index contributed by atoms with van der Waals surface area (Å²) >= 11 is 0. The summed E-state index contributed by atoms with van der Waals surface area (Å²) in [6.07, 6.45) is 27.6. The van der Waals surface area contributed by atoms with Gasteiger partial charge in [0.25, 0.3) is 0 Å². The summed E-state index contributed by atoms with van der Waals surface area (Å²) in [5, 5.41) is 45.8. The summed E-state index contributed by atoms with van der Waals surface area (Å²) in [7, 11) is 0. The fourth-order valence-corrected chi connectivity index (χ4v) is 7.31. The molecule has 0 bridgehead atoms. The van der Waals surface area contributed by atoms with Crippen LogP contribution in [0.4, 0.5) is 22.7 Å². The predicted molar refractivity (Wildman–Crippen MR) is 435 cm³/mol. The van der Waals surface area contributed by atoms with Crippen LogP contribution in [0.15, 0.2) is 471 Å². The van der Waals surface area contributed by atoms with E-state index in [1.54, 1.807) is 148 Å². The average molecular weight is 1630 g/mol. The minimum atomic E-state index is -0.431. The van der Waals surface area contributed by atoms with Gasteiger partial charge >= 0.3 is 42.1 Å². The number of hydrogen-bond donors (Lipinski definition) is 0. The van der Waals surface area contributed by atoms with Crippen LogP contribution in [0.3, 0.4) is 0 Å². The van der Waals surface area contributed by atoms with E-state index in [1.165, 1.54) is 0 Å². The zero-order chi connectivity index (χ0) is 77.4. The average Bonchev–Trinajstić information content (AvgIpc) is 0.944. The molecule has 0 aliphatic carbocycles. The van der Waals surface area contributed by atoms with Crippen molar-refractivity contribution in [1.29, 1.82) is 0 Å². The molecule has 0 atom stereocenters. The van der Waals surface area contributed by atoms with Gasteiger partial charge < -0.3 is 20.4 Å². The normalized spacial score (nSPS) is 9.36. The first-order chi connectivity index (χ1) is 54.4. The molecule has 7 heterocycles. The SMILES string of the molecule is [Mo+2].[Mo+2].[O-]C(C#Cc1ccccc1)=Nc1ccccc1.[O-]C(C#Cc1ccccc1)=Nc1ccccc1.[O-]C(C#Cc1ccccc1)=Nc1ccccc1.[O-]C(C#Cc1ccccc1)=Nc1ccccc1.c1ccncc1.c1ccncc1.c1ccncc1.c1ccncc1.c1ccncc1.c1ccncc1.c1cnccn1. The topological polar surface area (TPSA) is 245 Å². The maximum atomic E-state index is 11.4. The van der Waals surface area contributed by atoms with E-state index in [2.05, 4.69) is 107 Å². The minimum absolute atomic E-state index is 0. The summed E-state index contributed by atoms with van der Waals surface area (Å²) in [5.74, 6) is 19.3. The summed E-state index contributed by atoms with van der Waals surface area (Å²) in [5.41, 5.74) is 5.74. The largest absolute Gasteiger partial charge is 2.00 e. The molecule has 0 unspecified atom stereocenters. The maximum absolute atomic E-state index is 11.4. The molecule has 0 radical (unpaired) electrons. The molecule has 0 fully saturated rings. The quantitative estimate of drug-likeness (QED) is 0.0691. The fourth-order valence-electron chi connectivity index (χ4n) is 7.31. The Labute approximate surface area is 684 Å². The van der Waals surface area contributed by atoms with E-state index in [1.807, 2.05) is 303 Å². The molecule has 0 spiro atoms. The van der Waals surface area contributed by atoms with Crippen LogP contribution in [0.1, 0.15) is 22.3 Å². The van der Waals surface area contributed by atoms with Crippen molar-refractivity contribution in [2.24, 2.45) is 20.0 Å². The Morgan fingerprint density at radius 1 is 0.170 bits per heavy atom. The molecular weight excluding hydrogens is 1550 g/mol. The molecule has 15 rings (SSSR count). The number of aromatic nitrogens is 8. The summed E-state index contributed by atoms with van der Waals surface area (Å²) in [6.45, 7) is 0. The Morgan fingerprint density at radius 2 is 0.295 bits per heavy atom. The fraction of sp³-hybridized carbons (Fsp3) is 0. The maximum Gasteiger partial charge on any atom is 2.00 e. The third-order valence-electron chi connectivity index (χ3n) is 12.2. The van der Waals surface area contributed by atoms with Crippen molar-refractivity contribution in [3.63, 3.8) is 0 Å². The number of para-hydroxylation sites is 4. The van der Waals surface area contributed by atoms with Crippen molar-refractivity contribution in [2.75, 3.05) is 0 Å². The Kier molecular flexibility index (Phi) is 53.7. The van der Waals surface area contributed by atoms with E-state index < -0.39 is 23.6 Å².